The lowest BCUT2D eigenvalue weighted by molar-refractivity contribution is 0.0915. The molecule has 0 aliphatic carbocycles. The lowest BCUT2D eigenvalue weighted by Gasteiger charge is -2.45. The fourth-order valence-electron chi connectivity index (χ4n) is 4.26. The molecule has 0 radical (unpaired) electrons. The van der Waals surface area contributed by atoms with Gasteiger partial charge in [0.15, 0.2) is 5.78 Å². The summed E-state index contributed by atoms with van der Waals surface area (Å²) >= 11 is 0. The third-order valence-electron chi connectivity index (χ3n) is 5.95. The van der Waals surface area contributed by atoms with Gasteiger partial charge >= 0.3 is 6.03 Å². The minimum Gasteiger partial charge on any atom is -0.378 e. The van der Waals surface area contributed by atoms with Gasteiger partial charge in [0.2, 0.25) is 0 Å². The minimum absolute atomic E-state index is 0.0566. The molecular formula is C21H20FN5O3. The van der Waals surface area contributed by atoms with Crippen molar-refractivity contribution in [2.75, 3.05) is 18.4 Å². The van der Waals surface area contributed by atoms with Crippen molar-refractivity contribution in [1.82, 2.24) is 20.5 Å². The standard InChI is InChI=1S/C21H20FN5O3/c22-14-2-4-16-15(10-14)19(28)11-21(24-16)5-7-27(8-6-21)20(29)23-12-13-1-3-17-18(9-13)26-30-25-17/h1-4,9-10,24H,5-8,11-12H2,(H,23,29). The number of carbonyl (C=O) groups excluding carboxylic acids is 2. The van der Waals surface area contributed by atoms with E-state index in [1.165, 1.54) is 12.1 Å². The van der Waals surface area contributed by atoms with Gasteiger partial charge in [0.25, 0.3) is 0 Å². The number of amides is 2. The normalized spacial score (nSPS) is 17.6. The topological polar surface area (TPSA) is 100 Å². The molecule has 2 N–H and O–H groups in total. The quantitative estimate of drug-likeness (QED) is 0.675. The minimum atomic E-state index is -0.412. The Hall–Kier alpha value is -3.49. The number of carbonyl (C=O) groups is 2. The lowest BCUT2D eigenvalue weighted by Crippen LogP contribution is -2.55. The van der Waals surface area contributed by atoms with E-state index in [-0.39, 0.29) is 17.4 Å². The number of urea groups is 1. The fourth-order valence-corrected chi connectivity index (χ4v) is 4.26. The van der Waals surface area contributed by atoms with Crippen molar-refractivity contribution >= 4 is 28.5 Å². The highest BCUT2D eigenvalue weighted by atomic mass is 19.1. The van der Waals surface area contributed by atoms with Crippen LogP contribution in [-0.4, -0.2) is 45.7 Å². The van der Waals surface area contributed by atoms with E-state index in [9.17, 15) is 14.0 Å². The van der Waals surface area contributed by atoms with Gasteiger partial charge in [-0.3, -0.25) is 4.79 Å². The third-order valence-corrected chi connectivity index (χ3v) is 5.95. The van der Waals surface area contributed by atoms with Gasteiger partial charge in [0.05, 0.1) is 0 Å². The van der Waals surface area contributed by atoms with Crippen molar-refractivity contribution in [2.24, 2.45) is 0 Å². The number of aromatic nitrogens is 2. The second-order valence-electron chi connectivity index (χ2n) is 7.93. The molecule has 5 rings (SSSR count). The molecule has 0 atom stereocenters. The fraction of sp³-hybridized carbons (Fsp3) is 0.333. The van der Waals surface area contributed by atoms with Crippen LogP contribution in [0, 0.1) is 5.82 Å². The zero-order valence-electron chi connectivity index (χ0n) is 16.2. The number of hydrogen-bond donors (Lipinski definition) is 2. The van der Waals surface area contributed by atoms with Crippen LogP contribution < -0.4 is 10.6 Å². The Kier molecular flexibility index (Phi) is 4.38. The van der Waals surface area contributed by atoms with Crippen LogP contribution in [0.25, 0.3) is 11.0 Å². The van der Waals surface area contributed by atoms with Crippen molar-refractivity contribution in [3.8, 4) is 0 Å². The molecular weight excluding hydrogens is 389 g/mol. The number of benzene rings is 2. The molecule has 1 aromatic heterocycles. The molecule has 1 spiro atoms. The summed E-state index contributed by atoms with van der Waals surface area (Å²) in [5.74, 6) is -0.468. The van der Waals surface area contributed by atoms with E-state index in [4.69, 9.17) is 0 Å². The van der Waals surface area contributed by atoms with Crippen LogP contribution in [0.4, 0.5) is 14.9 Å². The monoisotopic (exact) mass is 409 g/mol. The Morgan fingerprint density at radius 1 is 1.17 bits per heavy atom. The summed E-state index contributed by atoms with van der Waals surface area (Å²) in [6, 6.07) is 9.61. The zero-order valence-corrected chi connectivity index (χ0v) is 16.2. The van der Waals surface area contributed by atoms with Crippen LogP contribution in [0.1, 0.15) is 35.2 Å². The first-order chi connectivity index (χ1) is 14.5. The average Bonchev–Trinajstić information content (AvgIpc) is 3.21. The Labute approximate surface area is 171 Å². The molecule has 154 valence electrons. The molecule has 8 nitrogen and oxygen atoms in total. The van der Waals surface area contributed by atoms with Crippen molar-refractivity contribution in [3.05, 3.63) is 53.3 Å². The number of rotatable bonds is 2. The van der Waals surface area contributed by atoms with Crippen LogP contribution in [0.15, 0.2) is 41.0 Å². The second-order valence-corrected chi connectivity index (χ2v) is 7.93. The van der Waals surface area contributed by atoms with Crippen LogP contribution in [0.3, 0.4) is 0 Å². The summed E-state index contributed by atoms with van der Waals surface area (Å²) in [6.45, 7) is 1.45. The Balaban J connectivity index is 1.20. The van der Waals surface area contributed by atoms with Crippen molar-refractivity contribution in [3.63, 3.8) is 0 Å². The summed E-state index contributed by atoms with van der Waals surface area (Å²) in [4.78, 5) is 26.9. The molecule has 3 heterocycles. The van der Waals surface area contributed by atoms with E-state index in [1.54, 1.807) is 17.0 Å². The van der Waals surface area contributed by atoms with E-state index in [0.717, 1.165) is 5.56 Å². The van der Waals surface area contributed by atoms with Gasteiger partial charge in [-0.15, -0.1) is 0 Å². The number of piperidine rings is 1. The molecule has 0 bridgehead atoms. The Morgan fingerprint density at radius 3 is 2.80 bits per heavy atom. The van der Waals surface area contributed by atoms with Gasteiger partial charge in [0.1, 0.15) is 16.9 Å². The summed E-state index contributed by atoms with van der Waals surface area (Å²) in [6.07, 6.45) is 1.61. The highest BCUT2D eigenvalue weighted by molar-refractivity contribution is 6.04. The van der Waals surface area contributed by atoms with Gasteiger partial charge in [-0.05, 0) is 59.1 Å². The first kappa shape index (κ1) is 18.5. The van der Waals surface area contributed by atoms with E-state index >= 15 is 0 Å². The molecule has 2 amide bonds. The van der Waals surface area contributed by atoms with E-state index in [1.807, 2.05) is 12.1 Å². The van der Waals surface area contributed by atoms with Crippen molar-refractivity contribution in [2.45, 2.75) is 31.3 Å². The third kappa shape index (κ3) is 3.36. The predicted octanol–water partition coefficient (Wildman–Crippen LogP) is 3.10. The number of anilines is 1. The van der Waals surface area contributed by atoms with E-state index in [0.29, 0.717) is 61.2 Å². The molecule has 2 aromatic carbocycles. The van der Waals surface area contributed by atoms with Gasteiger partial charge < -0.3 is 15.5 Å². The highest BCUT2D eigenvalue weighted by Crippen LogP contribution is 2.37. The number of likely N-dealkylation sites (tertiary alicyclic amines) is 1. The number of halogens is 1. The summed E-state index contributed by atoms with van der Waals surface area (Å²) in [7, 11) is 0. The lowest BCUT2D eigenvalue weighted by atomic mass is 9.78. The number of hydrogen-bond acceptors (Lipinski definition) is 6. The van der Waals surface area contributed by atoms with E-state index in [2.05, 4.69) is 25.6 Å². The van der Waals surface area contributed by atoms with Crippen LogP contribution in [0.5, 0.6) is 0 Å². The zero-order chi connectivity index (χ0) is 20.7. The van der Waals surface area contributed by atoms with Gasteiger partial charge in [-0.25, -0.2) is 13.8 Å². The van der Waals surface area contributed by atoms with Gasteiger partial charge in [-0.2, -0.15) is 0 Å². The van der Waals surface area contributed by atoms with E-state index < -0.39 is 5.82 Å². The molecule has 9 heteroatoms. The summed E-state index contributed by atoms with van der Waals surface area (Å²) in [5, 5.41) is 13.9. The van der Waals surface area contributed by atoms with Crippen LogP contribution >= 0.6 is 0 Å². The van der Waals surface area contributed by atoms with Crippen LogP contribution in [-0.2, 0) is 6.54 Å². The average molecular weight is 409 g/mol. The molecule has 3 aromatic rings. The first-order valence-electron chi connectivity index (χ1n) is 9.86. The maximum Gasteiger partial charge on any atom is 0.317 e. The number of nitrogens with one attached hydrogen (secondary N) is 2. The summed E-state index contributed by atoms with van der Waals surface area (Å²) in [5.41, 5.74) is 2.91. The molecule has 2 aliphatic heterocycles. The van der Waals surface area contributed by atoms with Gasteiger partial charge in [-0.1, -0.05) is 6.07 Å². The molecule has 0 unspecified atom stereocenters. The largest absolute Gasteiger partial charge is 0.378 e. The SMILES string of the molecule is O=C1CC2(CCN(C(=O)NCc3ccc4nonc4c3)CC2)Nc2ccc(F)cc21. The Bertz CT molecular complexity index is 1140. The molecule has 1 fully saturated rings. The maximum absolute atomic E-state index is 13.5. The van der Waals surface area contributed by atoms with Gasteiger partial charge in [0, 0.05) is 42.8 Å². The van der Waals surface area contributed by atoms with Crippen LogP contribution in [0.2, 0.25) is 0 Å². The Morgan fingerprint density at radius 2 is 1.97 bits per heavy atom. The number of fused-ring (bicyclic) bond motifs is 2. The molecule has 0 saturated carbocycles. The molecule has 2 aliphatic rings. The number of ketones is 1. The maximum atomic E-state index is 13.5. The summed E-state index contributed by atoms with van der Waals surface area (Å²) < 4.78 is 18.1. The highest BCUT2D eigenvalue weighted by Gasteiger charge is 2.41. The van der Waals surface area contributed by atoms with Crippen molar-refractivity contribution < 1.29 is 18.6 Å². The predicted molar refractivity (Wildman–Crippen MR) is 107 cm³/mol. The second kappa shape index (κ2) is 7.08. The number of Topliss-reactive ketones (excluding diaryl/α,β-unsaturated/α-hetero) is 1. The van der Waals surface area contributed by atoms with Crippen molar-refractivity contribution in [1.29, 1.82) is 0 Å². The smallest absolute Gasteiger partial charge is 0.317 e. The number of nitrogens with zero attached hydrogens (tertiary/aromatic N) is 3. The molecule has 30 heavy (non-hydrogen) atoms. The first-order valence-corrected chi connectivity index (χ1v) is 9.86. The molecule has 1 saturated heterocycles.